The van der Waals surface area contributed by atoms with Gasteiger partial charge in [0, 0.05) is 12.2 Å². The van der Waals surface area contributed by atoms with Crippen LogP contribution in [0.2, 0.25) is 0 Å². The summed E-state index contributed by atoms with van der Waals surface area (Å²) in [6.07, 6.45) is 0. The van der Waals surface area contributed by atoms with E-state index < -0.39 is 0 Å². The summed E-state index contributed by atoms with van der Waals surface area (Å²) >= 11 is 0. The summed E-state index contributed by atoms with van der Waals surface area (Å²) in [5.74, 6) is 1.51. The molecule has 0 heterocycles. The summed E-state index contributed by atoms with van der Waals surface area (Å²) in [5, 5.41) is 3.20. The van der Waals surface area contributed by atoms with Crippen molar-refractivity contribution in [2.45, 2.75) is 6.92 Å². The van der Waals surface area contributed by atoms with Gasteiger partial charge in [-0.2, -0.15) is 0 Å². The van der Waals surface area contributed by atoms with Crippen LogP contribution in [0.3, 0.4) is 0 Å². The maximum atomic E-state index is 12.7. The zero-order chi connectivity index (χ0) is 20.3. The van der Waals surface area contributed by atoms with Crippen molar-refractivity contribution in [2.75, 3.05) is 36.5 Å². The van der Waals surface area contributed by atoms with E-state index in [0.717, 1.165) is 17.1 Å². The van der Waals surface area contributed by atoms with Gasteiger partial charge in [-0.3, -0.25) is 4.79 Å². The molecule has 0 aliphatic heterocycles. The number of rotatable bonds is 10. The van der Waals surface area contributed by atoms with Gasteiger partial charge in [0.05, 0.1) is 12.2 Å². The highest BCUT2D eigenvalue weighted by Crippen LogP contribution is 2.24. The van der Waals surface area contributed by atoms with Gasteiger partial charge in [-0.15, -0.1) is 0 Å². The Labute approximate surface area is 171 Å². The largest absolute Gasteiger partial charge is 0.490 e. The van der Waals surface area contributed by atoms with E-state index in [1.165, 1.54) is 0 Å². The monoisotopic (exact) mass is 390 g/mol. The smallest absolute Gasteiger partial charge is 0.246 e. The molecule has 0 spiro atoms. The lowest BCUT2D eigenvalue weighted by atomic mass is 10.2. The standard InChI is InChI=1S/C24H26N2O3/c1-2-26(20-11-5-3-6-12-20)24(27)19-25-22-15-9-10-16-23(22)29-18-17-28-21-13-7-4-8-14-21/h3-16,25H,2,17-19H2,1H3. The van der Waals surface area contributed by atoms with E-state index in [0.29, 0.717) is 25.5 Å². The maximum Gasteiger partial charge on any atom is 0.246 e. The number of anilines is 2. The lowest BCUT2D eigenvalue weighted by Crippen LogP contribution is -2.35. The summed E-state index contributed by atoms with van der Waals surface area (Å²) in [6, 6.07) is 26.9. The zero-order valence-electron chi connectivity index (χ0n) is 16.6. The molecular weight excluding hydrogens is 364 g/mol. The average Bonchev–Trinajstić information content (AvgIpc) is 2.78. The van der Waals surface area contributed by atoms with Gasteiger partial charge in [-0.1, -0.05) is 48.5 Å². The Kier molecular flexibility index (Phi) is 7.52. The molecule has 3 aromatic rings. The van der Waals surface area contributed by atoms with Crippen molar-refractivity contribution in [1.82, 2.24) is 0 Å². The number of ether oxygens (including phenoxy) is 2. The van der Waals surface area contributed by atoms with Crippen LogP contribution in [0.4, 0.5) is 11.4 Å². The molecule has 29 heavy (non-hydrogen) atoms. The molecule has 0 bridgehead atoms. The third kappa shape index (κ3) is 6.01. The van der Waals surface area contributed by atoms with Crippen LogP contribution in [-0.4, -0.2) is 32.2 Å². The molecule has 0 atom stereocenters. The van der Waals surface area contributed by atoms with Gasteiger partial charge in [0.1, 0.15) is 24.7 Å². The first-order valence-electron chi connectivity index (χ1n) is 9.77. The molecule has 0 aliphatic carbocycles. The summed E-state index contributed by atoms with van der Waals surface area (Å²) < 4.78 is 11.5. The highest BCUT2D eigenvalue weighted by molar-refractivity contribution is 5.96. The van der Waals surface area contributed by atoms with Gasteiger partial charge in [0.15, 0.2) is 0 Å². The third-order valence-corrected chi connectivity index (χ3v) is 4.36. The van der Waals surface area contributed by atoms with Crippen LogP contribution in [0.5, 0.6) is 11.5 Å². The molecule has 0 fully saturated rings. The highest BCUT2D eigenvalue weighted by Gasteiger charge is 2.14. The number of carbonyl (C=O) groups excluding carboxylic acids is 1. The van der Waals surface area contributed by atoms with Gasteiger partial charge >= 0.3 is 0 Å². The van der Waals surface area contributed by atoms with Gasteiger partial charge < -0.3 is 19.7 Å². The predicted octanol–water partition coefficient (Wildman–Crippen LogP) is 4.61. The van der Waals surface area contributed by atoms with Crippen LogP contribution >= 0.6 is 0 Å². The van der Waals surface area contributed by atoms with Crippen molar-refractivity contribution in [3.05, 3.63) is 84.9 Å². The second-order valence-corrected chi connectivity index (χ2v) is 6.33. The van der Waals surface area contributed by atoms with Crippen molar-refractivity contribution in [2.24, 2.45) is 0 Å². The molecule has 0 aromatic heterocycles. The number of para-hydroxylation sites is 4. The normalized spacial score (nSPS) is 10.2. The Bertz CT molecular complexity index is 885. The molecule has 3 rings (SSSR count). The molecule has 5 heteroatoms. The van der Waals surface area contributed by atoms with Crippen molar-refractivity contribution in [3.63, 3.8) is 0 Å². The maximum absolute atomic E-state index is 12.7. The molecule has 0 aliphatic rings. The van der Waals surface area contributed by atoms with E-state index in [1.807, 2.05) is 91.9 Å². The Morgan fingerprint density at radius 3 is 2.17 bits per heavy atom. The summed E-state index contributed by atoms with van der Waals surface area (Å²) in [4.78, 5) is 14.4. The lowest BCUT2D eigenvalue weighted by molar-refractivity contribution is -0.116. The van der Waals surface area contributed by atoms with Crippen molar-refractivity contribution < 1.29 is 14.3 Å². The van der Waals surface area contributed by atoms with Crippen molar-refractivity contribution in [3.8, 4) is 11.5 Å². The van der Waals surface area contributed by atoms with Gasteiger partial charge in [0.25, 0.3) is 0 Å². The molecule has 0 radical (unpaired) electrons. The Balaban J connectivity index is 1.52. The molecule has 1 amide bonds. The molecule has 1 N–H and O–H groups in total. The second kappa shape index (κ2) is 10.8. The minimum atomic E-state index is 0.000846. The SMILES string of the molecule is CCN(C(=O)CNc1ccccc1OCCOc1ccccc1)c1ccccc1. The number of carbonyl (C=O) groups is 1. The van der Waals surface area contributed by atoms with Crippen LogP contribution in [0.1, 0.15) is 6.92 Å². The molecule has 3 aromatic carbocycles. The van der Waals surface area contributed by atoms with E-state index in [9.17, 15) is 4.79 Å². The summed E-state index contributed by atoms with van der Waals surface area (Å²) in [7, 11) is 0. The first kappa shape index (κ1) is 20.3. The Hall–Kier alpha value is -3.47. The molecule has 0 saturated heterocycles. The van der Waals surface area contributed by atoms with Crippen LogP contribution in [0, 0.1) is 0 Å². The Morgan fingerprint density at radius 1 is 0.828 bits per heavy atom. The Morgan fingerprint density at radius 2 is 1.45 bits per heavy atom. The number of likely N-dealkylation sites (N-methyl/N-ethyl adjacent to an activating group) is 1. The van der Waals surface area contributed by atoms with Crippen molar-refractivity contribution in [1.29, 1.82) is 0 Å². The van der Waals surface area contributed by atoms with Crippen molar-refractivity contribution >= 4 is 17.3 Å². The van der Waals surface area contributed by atoms with E-state index >= 15 is 0 Å². The minimum Gasteiger partial charge on any atom is -0.490 e. The number of amides is 1. The van der Waals surface area contributed by atoms with Crippen LogP contribution in [-0.2, 0) is 4.79 Å². The molecule has 150 valence electrons. The van der Waals surface area contributed by atoms with Crippen LogP contribution in [0.25, 0.3) is 0 Å². The first-order chi connectivity index (χ1) is 14.3. The van der Waals surface area contributed by atoms with Gasteiger partial charge in [-0.25, -0.2) is 0 Å². The minimum absolute atomic E-state index is 0.000846. The van der Waals surface area contributed by atoms with Crippen LogP contribution < -0.4 is 19.7 Å². The zero-order valence-corrected chi connectivity index (χ0v) is 16.6. The molecule has 0 unspecified atom stereocenters. The number of nitrogens with one attached hydrogen (secondary N) is 1. The summed E-state index contributed by atoms with van der Waals surface area (Å²) in [5.41, 5.74) is 1.68. The average molecular weight is 390 g/mol. The lowest BCUT2D eigenvalue weighted by Gasteiger charge is -2.22. The quantitative estimate of drug-likeness (QED) is 0.514. The summed E-state index contributed by atoms with van der Waals surface area (Å²) in [6.45, 7) is 3.61. The third-order valence-electron chi connectivity index (χ3n) is 4.36. The fourth-order valence-corrected chi connectivity index (χ4v) is 2.94. The fourth-order valence-electron chi connectivity index (χ4n) is 2.94. The second-order valence-electron chi connectivity index (χ2n) is 6.33. The fraction of sp³-hybridized carbons (Fsp3) is 0.208. The van der Waals surface area contributed by atoms with Gasteiger partial charge in [0.2, 0.25) is 5.91 Å². The van der Waals surface area contributed by atoms with E-state index in [2.05, 4.69) is 5.32 Å². The van der Waals surface area contributed by atoms with E-state index in [-0.39, 0.29) is 12.5 Å². The number of benzene rings is 3. The first-order valence-corrected chi connectivity index (χ1v) is 9.77. The molecule has 5 nitrogen and oxygen atoms in total. The topological polar surface area (TPSA) is 50.8 Å². The number of hydrogen-bond donors (Lipinski definition) is 1. The number of nitrogens with zero attached hydrogens (tertiary/aromatic N) is 1. The molecule has 0 saturated carbocycles. The highest BCUT2D eigenvalue weighted by atomic mass is 16.5. The van der Waals surface area contributed by atoms with E-state index in [4.69, 9.17) is 9.47 Å². The number of hydrogen-bond acceptors (Lipinski definition) is 4. The van der Waals surface area contributed by atoms with Crippen LogP contribution in [0.15, 0.2) is 84.9 Å². The predicted molar refractivity (Wildman–Crippen MR) is 117 cm³/mol. The molecular formula is C24H26N2O3. The van der Waals surface area contributed by atoms with E-state index in [1.54, 1.807) is 4.90 Å². The van der Waals surface area contributed by atoms with Gasteiger partial charge in [-0.05, 0) is 43.3 Å².